The lowest BCUT2D eigenvalue weighted by Gasteiger charge is -2.14. The van der Waals surface area contributed by atoms with Gasteiger partial charge in [0.15, 0.2) is 5.78 Å². The molecule has 3 rings (SSSR count). The largest absolute Gasteiger partial charge is 0.508 e. The van der Waals surface area contributed by atoms with Crippen molar-refractivity contribution in [2.24, 2.45) is 5.92 Å². The predicted octanol–water partition coefficient (Wildman–Crippen LogP) is 2.51. The zero-order valence-corrected chi connectivity index (χ0v) is 14.1. The van der Waals surface area contributed by atoms with Crippen molar-refractivity contribution in [1.82, 2.24) is 0 Å². The van der Waals surface area contributed by atoms with Crippen LogP contribution in [0.25, 0.3) is 0 Å². The van der Waals surface area contributed by atoms with E-state index in [2.05, 4.69) is 0 Å². The molecule has 0 spiro atoms. The average Bonchev–Trinajstić information content (AvgIpc) is 3.26. The van der Waals surface area contributed by atoms with Crippen molar-refractivity contribution in [3.8, 4) is 11.5 Å². The number of rotatable bonds is 0. The molecule has 1 saturated heterocycles. The fourth-order valence-corrected chi connectivity index (χ4v) is 3.16. The van der Waals surface area contributed by atoms with Gasteiger partial charge in [0.2, 0.25) is 0 Å². The number of carbonyl (C=O) groups is 2. The summed E-state index contributed by atoms with van der Waals surface area (Å²) in [4.78, 5) is 24.5. The number of aromatic hydroxyl groups is 2. The summed E-state index contributed by atoms with van der Waals surface area (Å²) in [6.07, 6.45) is 5.96. The van der Waals surface area contributed by atoms with E-state index in [0.29, 0.717) is 0 Å². The van der Waals surface area contributed by atoms with Gasteiger partial charge in [-0.1, -0.05) is 13.0 Å². The van der Waals surface area contributed by atoms with E-state index < -0.39 is 5.97 Å². The summed E-state index contributed by atoms with van der Waals surface area (Å²) in [5.41, 5.74) is 0.188. The summed E-state index contributed by atoms with van der Waals surface area (Å²) in [6.45, 7) is 2.18. The molecule has 134 valence electrons. The van der Waals surface area contributed by atoms with Crippen molar-refractivity contribution in [2.75, 3.05) is 6.61 Å². The molecule has 1 fully saturated rings. The van der Waals surface area contributed by atoms with Crippen molar-refractivity contribution in [2.45, 2.75) is 44.8 Å². The Balaban J connectivity index is 1.86. The lowest BCUT2D eigenvalue weighted by molar-refractivity contribution is -0.114. The molecule has 0 bridgehead atoms. The number of ether oxygens (including phenoxy) is 2. The lowest BCUT2D eigenvalue weighted by Crippen LogP contribution is -2.16. The van der Waals surface area contributed by atoms with Gasteiger partial charge in [-0.05, 0) is 42.9 Å². The summed E-state index contributed by atoms with van der Waals surface area (Å²) in [7, 11) is 0. The normalized spacial score (nSPS) is 28.8. The van der Waals surface area contributed by atoms with Crippen molar-refractivity contribution < 1.29 is 29.3 Å². The van der Waals surface area contributed by atoms with Crippen molar-refractivity contribution in [3.05, 3.63) is 35.4 Å². The molecule has 1 aromatic rings. The van der Waals surface area contributed by atoms with Crippen LogP contribution in [0.3, 0.4) is 0 Å². The SMILES string of the molecule is C[C@@H]1COC(=O)c2c(O)cc(O)cc2CC(=O)/C=C/CCC2OC2C1. The first-order valence-corrected chi connectivity index (χ1v) is 8.51. The number of phenolic OH excluding ortho intramolecular Hbond substituents is 2. The third kappa shape index (κ3) is 4.39. The molecule has 2 unspecified atom stereocenters. The molecule has 0 saturated carbocycles. The van der Waals surface area contributed by atoms with Gasteiger partial charge in [0.1, 0.15) is 17.1 Å². The third-order valence-corrected chi connectivity index (χ3v) is 4.50. The molecule has 6 nitrogen and oxygen atoms in total. The molecule has 1 aromatic carbocycles. The lowest BCUT2D eigenvalue weighted by atomic mass is 10.00. The van der Waals surface area contributed by atoms with Gasteiger partial charge in [-0.15, -0.1) is 0 Å². The van der Waals surface area contributed by atoms with Crippen molar-refractivity contribution >= 4 is 11.8 Å². The van der Waals surface area contributed by atoms with Crippen LogP contribution in [0.1, 0.15) is 42.1 Å². The topological polar surface area (TPSA) is 96.4 Å². The maximum Gasteiger partial charge on any atom is 0.342 e. The molecule has 6 heteroatoms. The molecule has 2 heterocycles. The Labute approximate surface area is 146 Å². The quantitative estimate of drug-likeness (QED) is 0.553. The van der Waals surface area contributed by atoms with Gasteiger partial charge in [-0.3, -0.25) is 4.79 Å². The summed E-state index contributed by atoms with van der Waals surface area (Å²) in [5, 5.41) is 19.7. The zero-order chi connectivity index (χ0) is 18.0. The highest BCUT2D eigenvalue weighted by Crippen LogP contribution is 2.33. The number of allylic oxidation sites excluding steroid dienone is 2. The number of hydrogen-bond acceptors (Lipinski definition) is 6. The van der Waals surface area contributed by atoms with E-state index >= 15 is 0 Å². The van der Waals surface area contributed by atoms with Crippen molar-refractivity contribution in [3.63, 3.8) is 0 Å². The summed E-state index contributed by atoms with van der Waals surface area (Å²) in [5.74, 6) is -1.37. The van der Waals surface area contributed by atoms with Crippen LogP contribution in [0.4, 0.5) is 0 Å². The molecule has 2 N–H and O–H groups in total. The standard InChI is InChI=1S/C19H22O6/c1-11-6-17-16(25-17)5-3-2-4-13(20)7-12-8-14(21)9-15(22)18(12)19(23)24-10-11/h2,4,8-9,11,16-17,21-22H,3,5-7,10H2,1H3/b4-2+/t11-,16?,17?/m0/s1. The summed E-state index contributed by atoms with van der Waals surface area (Å²) in [6, 6.07) is 2.38. The molecule has 0 aliphatic carbocycles. The second-order valence-electron chi connectivity index (χ2n) is 6.77. The monoisotopic (exact) mass is 346 g/mol. The average molecular weight is 346 g/mol. The number of phenols is 2. The number of fused-ring (bicyclic) bond motifs is 2. The van der Waals surface area contributed by atoms with Crippen molar-refractivity contribution in [1.29, 1.82) is 0 Å². The number of ketones is 1. The third-order valence-electron chi connectivity index (χ3n) is 4.50. The molecule has 2 aliphatic heterocycles. The Bertz CT molecular complexity index is 708. The Morgan fingerprint density at radius 1 is 1.16 bits per heavy atom. The van der Waals surface area contributed by atoms with Gasteiger partial charge < -0.3 is 19.7 Å². The van der Waals surface area contributed by atoms with E-state index in [1.54, 1.807) is 6.08 Å². The van der Waals surface area contributed by atoms with Gasteiger partial charge in [-0.25, -0.2) is 4.79 Å². The van der Waals surface area contributed by atoms with Crippen LogP contribution in [0, 0.1) is 5.92 Å². The molecule has 0 radical (unpaired) electrons. The highest BCUT2D eigenvalue weighted by molar-refractivity contribution is 5.98. The molecular weight excluding hydrogens is 324 g/mol. The Hall–Kier alpha value is -2.34. The first-order chi connectivity index (χ1) is 11.9. The van der Waals surface area contributed by atoms with Gasteiger partial charge in [0.05, 0.1) is 18.8 Å². The number of epoxide rings is 1. The van der Waals surface area contributed by atoms with Crippen LogP contribution in [0.5, 0.6) is 11.5 Å². The Morgan fingerprint density at radius 2 is 1.96 bits per heavy atom. The second kappa shape index (κ2) is 7.27. The van der Waals surface area contributed by atoms with Gasteiger partial charge in [0, 0.05) is 12.5 Å². The van der Waals surface area contributed by atoms with Crippen LogP contribution < -0.4 is 0 Å². The first kappa shape index (κ1) is 17.5. The smallest absolute Gasteiger partial charge is 0.342 e. The van der Waals surface area contributed by atoms with Crippen LogP contribution >= 0.6 is 0 Å². The minimum absolute atomic E-state index is 0.0674. The van der Waals surface area contributed by atoms with Crippen LogP contribution in [0.15, 0.2) is 24.3 Å². The van der Waals surface area contributed by atoms with E-state index in [0.717, 1.165) is 25.3 Å². The minimum Gasteiger partial charge on any atom is -0.508 e. The van der Waals surface area contributed by atoms with E-state index in [9.17, 15) is 19.8 Å². The second-order valence-corrected chi connectivity index (χ2v) is 6.77. The maximum atomic E-state index is 12.4. The number of benzene rings is 1. The fourth-order valence-electron chi connectivity index (χ4n) is 3.16. The highest BCUT2D eigenvalue weighted by atomic mass is 16.6. The van der Waals surface area contributed by atoms with E-state index in [1.807, 2.05) is 6.92 Å². The number of esters is 1. The van der Waals surface area contributed by atoms with E-state index in [1.165, 1.54) is 12.1 Å². The summed E-state index contributed by atoms with van der Waals surface area (Å²) < 4.78 is 10.9. The van der Waals surface area contributed by atoms with E-state index in [-0.39, 0.29) is 59.6 Å². The molecule has 3 atom stereocenters. The first-order valence-electron chi connectivity index (χ1n) is 8.51. The van der Waals surface area contributed by atoms with Gasteiger partial charge >= 0.3 is 5.97 Å². The van der Waals surface area contributed by atoms with Crippen LogP contribution in [0.2, 0.25) is 0 Å². The van der Waals surface area contributed by atoms with Gasteiger partial charge in [0.25, 0.3) is 0 Å². The fraction of sp³-hybridized carbons (Fsp3) is 0.474. The minimum atomic E-state index is -0.695. The zero-order valence-electron chi connectivity index (χ0n) is 14.1. The Kier molecular flexibility index (Phi) is 5.08. The molecule has 0 amide bonds. The van der Waals surface area contributed by atoms with E-state index in [4.69, 9.17) is 9.47 Å². The predicted molar refractivity (Wildman–Crippen MR) is 89.6 cm³/mol. The number of cyclic esters (lactones) is 1. The maximum absolute atomic E-state index is 12.4. The number of carbonyl (C=O) groups excluding carboxylic acids is 2. The van der Waals surface area contributed by atoms with Crippen LogP contribution in [-0.2, 0) is 20.7 Å². The molecular formula is C19H22O6. The number of hydrogen-bond donors (Lipinski definition) is 2. The highest BCUT2D eigenvalue weighted by Gasteiger charge is 2.38. The van der Waals surface area contributed by atoms with Crippen LogP contribution in [-0.4, -0.2) is 40.8 Å². The molecule has 25 heavy (non-hydrogen) atoms. The summed E-state index contributed by atoms with van der Waals surface area (Å²) >= 11 is 0. The van der Waals surface area contributed by atoms with Gasteiger partial charge in [-0.2, -0.15) is 0 Å². The molecule has 0 aromatic heterocycles. The molecule has 2 aliphatic rings. The Morgan fingerprint density at radius 3 is 2.76 bits per heavy atom.